The summed E-state index contributed by atoms with van der Waals surface area (Å²) >= 11 is 2.95. The monoisotopic (exact) mass is 342 g/mol. The van der Waals surface area contributed by atoms with Gasteiger partial charge in [-0.3, -0.25) is 0 Å². The summed E-state index contributed by atoms with van der Waals surface area (Å²) in [6.45, 7) is -0.401. The van der Waals surface area contributed by atoms with Crippen LogP contribution in [0.5, 0.6) is 5.75 Å². The zero-order valence-electron chi connectivity index (χ0n) is 10.1. The SMILES string of the molecule is O=C(O)c1ccccc1OCc1c(F)ccc(Br)c1F. The van der Waals surface area contributed by atoms with Crippen molar-refractivity contribution < 1.29 is 23.4 Å². The molecule has 0 fully saturated rings. The molecule has 0 unspecified atom stereocenters. The molecule has 0 aliphatic heterocycles. The molecule has 0 aliphatic carbocycles. The first kappa shape index (κ1) is 14.5. The highest BCUT2D eigenvalue weighted by Gasteiger charge is 2.15. The molecule has 0 radical (unpaired) electrons. The number of aromatic carboxylic acids is 1. The lowest BCUT2D eigenvalue weighted by Crippen LogP contribution is -2.06. The first-order chi connectivity index (χ1) is 9.50. The molecule has 104 valence electrons. The maximum absolute atomic E-state index is 13.7. The molecule has 0 saturated heterocycles. The van der Waals surface area contributed by atoms with Crippen molar-refractivity contribution in [3.8, 4) is 5.75 Å². The van der Waals surface area contributed by atoms with Gasteiger partial charge in [0.05, 0.1) is 10.0 Å². The second-order valence-corrected chi connectivity index (χ2v) is 4.77. The van der Waals surface area contributed by atoms with Gasteiger partial charge in [-0.15, -0.1) is 0 Å². The van der Waals surface area contributed by atoms with Crippen molar-refractivity contribution >= 4 is 21.9 Å². The molecule has 0 aromatic heterocycles. The van der Waals surface area contributed by atoms with Crippen molar-refractivity contribution in [2.45, 2.75) is 6.61 Å². The average Bonchev–Trinajstić information content (AvgIpc) is 2.43. The van der Waals surface area contributed by atoms with Gasteiger partial charge in [-0.1, -0.05) is 12.1 Å². The van der Waals surface area contributed by atoms with Crippen LogP contribution < -0.4 is 4.74 Å². The van der Waals surface area contributed by atoms with Gasteiger partial charge in [-0.2, -0.15) is 0 Å². The summed E-state index contributed by atoms with van der Waals surface area (Å²) in [5.74, 6) is -2.63. The summed E-state index contributed by atoms with van der Waals surface area (Å²) in [4.78, 5) is 11.0. The van der Waals surface area contributed by atoms with Crippen LogP contribution in [-0.2, 0) is 6.61 Å². The molecule has 2 rings (SSSR count). The van der Waals surface area contributed by atoms with Gasteiger partial charge < -0.3 is 9.84 Å². The Morgan fingerprint density at radius 3 is 2.60 bits per heavy atom. The van der Waals surface area contributed by atoms with Gasteiger partial charge in [-0.25, -0.2) is 13.6 Å². The largest absolute Gasteiger partial charge is 0.488 e. The highest BCUT2D eigenvalue weighted by atomic mass is 79.9. The Bertz CT molecular complexity index is 659. The third-order valence-electron chi connectivity index (χ3n) is 2.63. The summed E-state index contributed by atoms with van der Waals surface area (Å²) in [7, 11) is 0. The molecule has 20 heavy (non-hydrogen) atoms. The zero-order valence-corrected chi connectivity index (χ0v) is 11.7. The standard InChI is InChI=1S/C14H9BrF2O3/c15-10-5-6-11(16)9(13(10)17)7-20-12-4-2-1-3-8(12)14(18)19/h1-6H,7H2,(H,18,19). The topological polar surface area (TPSA) is 46.5 Å². The van der Waals surface area contributed by atoms with E-state index >= 15 is 0 Å². The molecule has 0 heterocycles. The number of carboxylic acids is 1. The second-order valence-electron chi connectivity index (χ2n) is 3.91. The normalized spacial score (nSPS) is 10.3. The second kappa shape index (κ2) is 6.00. The van der Waals surface area contributed by atoms with Gasteiger partial charge in [0, 0.05) is 0 Å². The number of hydrogen-bond acceptors (Lipinski definition) is 2. The highest BCUT2D eigenvalue weighted by Crippen LogP contribution is 2.24. The van der Waals surface area contributed by atoms with Crippen molar-refractivity contribution in [3.63, 3.8) is 0 Å². The number of ether oxygens (including phenoxy) is 1. The molecule has 0 saturated carbocycles. The predicted octanol–water partition coefficient (Wildman–Crippen LogP) is 4.00. The Kier molecular flexibility index (Phi) is 4.34. The van der Waals surface area contributed by atoms with E-state index in [0.29, 0.717) is 0 Å². The van der Waals surface area contributed by atoms with Gasteiger partial charge in [0.2, 0.25) is 0 Å². The van der Waals surface area contributed by atoms with Crippen LogP contribution >= 0.6 is 15.9 Å². The molecule has 0 spiro atoms. The van der Waals surface area contributed by atoms with Crippen molar-refractivity contribution in [2.24, 2.45) is 0 Å². The number of halogens is 3. The summed E-state index contributed by atoms with van der Waals surface area (Å²) in [5, 5.41) is 8.98. The molecule has 2 aromatic carbocycles. The van der Waals surface area contributed by atoms with Crippen LogP contribution in [0, 0.1) is 11.6 Å². The fourth-order valence-corrected chi connectivity index (χ4v) is 1.99. The van der Waals surface area contributed by atoms with Gasteiger partial charge in [0.15, 0.2) is 0 Å². The average molecular weight is 343 g/mol. The fraction of sp³-hybridized carbons (Fsp3) is 0.0714. The minimum absolute atomic E-state index is 0.0544. The Hall–Kier alpha value is -1.95. The quantitative estimate of drug-likeness (QED) is 0.854. The number of para-hydroxylation sites is 1. The van der Waals surface area contributed by atoms with E-state index in [0.717, 1.165) is 6.07 Å². The Labute approximate surface area is 121 Å². The smallest absolute Gasteiger partial charge is 0.339 e. The summed E-state index contributed by atoms with van der Waals surface area (Å²) in [5.41, 5.74) is -0.331. The third kappa shape index (κ3) is 2.96. The van der Waals surface area contributed by atoms with E-state index in [2.05, 4.69) is 15.9 Å². The van der Waals surface area contributed by atoms with Gasteiger partial charge in [0.25, 0.3) is 0 Å². The zero-order chi connectivity index (χ0) is 14.7. The van der Waals surface area contributed by atoms with Crippen LogP contribution in [0.2, 0.25) is 0 Å². The van der Waals surface area contributed by atoms with Gasteiger partial charge >= 0.3 is 5.97 Å². The molecular formula is C14H9BrF2O3. The molecule has 6 heteroatoms. The van der Waals surface area contributed by atoms with E-state index < -0.39 is 24.2 Å². The lowest BCUT2D eigenvalue weighted by Gasteiger charge is -2.11. The van der Waals surface area contributed by atoms with Crippen molar-refractivity contribution in [1.82, 2.24) is 0 Å². The molecular weight excluding hydrogens is 334 g/mol. The molecule has 0 amide bonds. The lowest BCUT2D eigenvalue weighted by atomic mass is 10.2. The van der Waals surface area contributed by atoms with Crippen LogP contribution in [0.25, 0.3) is 0 Å². The van der Waals surface area contributed by atoms with Crippen molar-refractivity contribution in [1.29, 1.82) is 0 Å². The highest BCUT2D eigenvalue weighted by molar-refractivity contribution is 9.10. The van der Waals surface area contributed by atoms with E-state index in [1.54, 1.807) is 6.07 Å². The molecule has 3 nitrogen and oxygen atoms in total. The Morgan fingerprint density at radius 1 is 1.20 bits per heavy atom. The minimum atomic E-state index is -1.17. The third-order valence-corrected chi connectivity index (χ3v) is 3.24. The Balaban J connectivity index is 2.26. The molecule has 0 bridgehead atoms. The van der Waals surface area contributed by atoms with Gasteiger partial charge in [-0.05, 0) is 40.2 Å². The first-order valence-electron chi connectivity index (χ1n) is 5.58. The van der Waals surface area contributed by atoms with Gasteiger partial charge in [0.1, 0.15) is 29.6 Å². The summed E-state index contributed by atoms with van der Waals surface area (Å²) < 4.78 is 32.6. The maximum atomic E-state index is 13.7. The van der Waals surface area contributed by atoms with Crippen LogP contribution in [0.4, 0.5) is 8.78 Å². The van der Waals surface area contributed by atoms with E-state index in [-0.39, 0.29) is 21.3 Å². The number of carbonyl (C=O) groups is 1. The van der Waals surface area contributed by atoms with E-state index in [4.69, 9.17) is 9.84 Å². The number of rotatable bonds is 4. The molecule has 2 aromatic rings. The lowest BCUT2D eigenvalue weighted by molar-refractivity contribution is 0.0691. The molecule has 0 aliphatic rings. The van der Waals surface area contributed by atoms with Crippen LogP contribution in [0.15, 0.2) is 40.9 Å². The van der Waals surface area contributed by atoms with Crippen LogP contribution in [0.3, 0.4) is 0 Å². The first-order valence-corrected chi connectivity index (χ1v) is 6.37. The number of benzene rings is 2. The summed E-state index contributed by atoms with van der Waals surface area (Å²) in [6.07, 6.45) is 0. The van der Waals surface area contributed by atoms with E-state index in [1.807, 2.05) is 0 Å². The van der Waals surface area contributed by atoms with Crippen LogP contribution in [0.1, 0.15) is 15.9 Å². The maximum Gasteiger partial charge on any atom is 0.339 e. The number of hydrogen-bond donors (Lipinski definition) is 1. The van der Waals surface area contributed by atoms with Crippen LogP contribution in [-0.4, -0.2) is 11.1 Å². The van der Waals surface area contributed by atoms with Crippen molar-refractivity contribution in [2.75, 3.05) is 0 Å². The number of carboxylic acid groups (broad SMARTS) is 1. The van der Waals surface area contributed by atoms with E-state index in [1.165, 1.54) is 24.3 Å². The predicted molar refractivity (Wildman–Crippen MR) is 71.8 cm³/mol. The van der Waals surface area contributed by atoms with E-state index in [9.17, 15) is 13.6 Å². The molecule has 0 atom stereocenters. The Morgan fingerprint density at radius 2 is 1.90 bits per heavy atom. The summed E-state index contributed by atoms with van der Waals surface area (Å²) in [6, 6.07) is 8.25. The molecule has 1 N–H and O–H groups in total. The van der Waals surface area contributed by atoms with Crippen molar-refractivity contribution in [3.05, 3.63) is 63.6 Å². The minimum Gasteiger partial charge on any atom is -0.488 e. The fourth-order valence-electron chi connectivity index (χ4n) is 1.62.